The van der Waals surface area contributed by atoms with Crippen LogP contribution in [0.5, 0.6) is 0 Å². The van der Waals surface area contributed by atoms with Gasteiger partial charge in [-0.2, -0.15) is 0 Å². The molecule has 0 aliphatic rings. The van der Waals surface area contributed by atoms with Crippen LogP contribution in [0, 0.1) is 0 Å². The fraction of sp³-hybridized carbons (Fsp3) is 0.250. The third kappa shape index (κ3) is 4.37. The summed E-state index contributed by atoms with van der Waals surface area (Å²) < 4.78 is 0. The Morgan fingerprint density at radius 2 is 1.16 bits per heavy atom. The van der Waals surface area contributed by atoms with Crippen LogP contribution >= 0.6 is 0 Å². The number of rotatable bonds is 7. The van der Waals surface area contributed by atoms with Crippen molar-refractivity contribution in [3.05, 3.63) is 108 Å². The van der Waals surface area contributed by atoms with E-state index in [1.165, 1.54) is 16.7 Å². The highest BCUT2D eigenvalue weighted by atomic mass is 15.2. The zero-order valence-corrected chi connectivity index (χ0v) is 15.2. The van der Waals surface area contributed by atoms with Crippen molar-refractivity contribution in [1.82, 2.24) is 4.90 Å². The molecule has 0 N–H and O–H groups in total. The fourth-order valence-electron chi connectivity index (χ4n) is 3.57. The lowest BCUT2D eigenvalue weighted by Gasteiger charge is -2.37. The summed E-state index contributed by atoms with van der Waals surface area (Å²) in [6.07, 6.45) is 1.09. The number of nitrogens with zero attached hydrogens (tertiary/aromatic N) is 1. The third-order valence-corrected chi connectivity index (χ3v) is 4.96. The zero-order chi connectivity index (χ0) is 17.5. The lowest BCUT2D eigenvalue weighted by atomic mass is 9.97. The summed E-state index contributed by atoms with van der Waals surface area (Å²) in [7, 11) is 0. The van der Waals surface area contributed by atoms with Gasteiger partial charge < -0.3 is 0 Å². The van der Waals surface area contributed by atoms with Crippen molar-refractivity contribution >= 4 is 0 Å². The number of benzene rings is 3. The topological polar surface area (TPSA) is 3.24 Å². The van der Waals surface area contributed by atoms with Crippen LogP contribution < -0.4 is 0 Å². The fourth-order valence-corrected chi connectivity index (χ4v) is 3.57. The van der Waals surface area contributed by atoms with Gasteiger partial charge in [-0.15, -0.1) is 0 Å². The molecule has 0 amide bonds. The highest BCUT2D eigenvalue weighted by Crippen LogP contribution is 2.34. The maximum absolute atomic E-state index is 2.62. The molecule has 3 aromatic carbocycles. The van der Waals surface area contributed by atoms with Gasteiger partial charge in [0, 0.05) is 18.6 Å². The molecule has 0 aliphatic carbocycles. The van der Waals surface area contributed by atoms with Crippen LogP contribution in [0.15, 0.2) is 91.0 Å². The van der Waals surface area contributed by atoms with Crippen LogP contribution in [-0.2, 0) is 6.54 Å². The summed E-state index contributed by atoms with van der Waals surface area (Å²) >= 11 is 0. The Labute approximate surface area is 151 Å². The van der Waals surface area contributed by atoms with Crippen LogP contribution in [0.4, 0.5) is 0 Å². The van der Waals surface area contributed by atoms with Crippen LogP contribution in [0.2, 0.25) is 0 Å². The Bertz CT molecular complexity index is 737. The van der Waals surface area contributed by atoms with Crippen molar-refractivity contribution in [2.75, 3.05) is 0 Å². The van der Waals surface area contributed by atoms with Gasteiger partial charge in [0.05, 0.1) is 0 Å². The van der Waals surface area contributed by atoms with Gasteiger partial charge in [-0.3, -0.25) is 4.90 Å². The molecule has 1 heteroatoms. The molecule has 0 radical (unpaired) electrons. The minimum absolute atomic E-state index is 0.353. The summed E-state index contributed by atoms with van der Waals surface area (Å²) in [6, 6.07) is 33.3. The standard InChI is InChI=1S/C24H27N/c1-3-24(23-17-11-6-12-18-23)25(19-21-13-7-4-8-14-21)20(2)22-15-9-5-10-16-22/h4-18,20,24H,3,19H2,1-2H3/t20-,24-/m1/s1. The molecule has 3 rings (SSSR count). The summed E-state index contributed by atoms with van der Waals surface area (Å²) in [5, 5.41) is 0. The van der Waals surface area contributed by atoms with Gasteiger partial charge in [0.1, 0.15) is 0 Å². The molecule has 128 valence electrons. The summed E-state index contributed by atoms with van der Waals surface area (Å²) in [5.41, 5.74) is 4.12. The van der Waals surface area contributed by atoms with E-state index >= 15 is 0 Å². The second kappa shape index (κ2) is 8.64. The maximum atomic E-state index is 2.62. The second-order valence-corrected chi connectivity index (χ2v) is 6.58. The van der Waals surface area contributed by atoms with Crippen molar-refractivity contribution in [2.24, 2.45) is 0 Å². The quantitative estimate of drug-likeness (QED) is 0.484. The van der Waals surface area contributed by atoms with E-state index in [9.17, 15) is 0 Å². The first-order valence-corrected chi connectivity index (χ1v) is 9.19. The molecule has 25 heavy (non-hydrogen) atoms. The molecule has 3 aromatic rings. The van der Waals surface area contributed by atoms with Gasteiger partial charge in [-0.05, 0) is 30.0 Å². The molecule has 0 aromatic heterocycles. The van der Waals surface area contributed by atoms with Gasteiger partial charge in [0.25, 0.3) is 0 Å². The Morgan fingerprint density at radius 3 is 1.68 bits per heavy atom. The molecule has 0 saturated heterocycles. The van der Waals surface area contributed by atoms with E-state index in [0.717, 1.165) is 13.0 Å². The molecule has 2 atom stereocenters. The Balaban J connectivity index is 1.95. The zero-order valence-electron chi connectivity index (χ0n) is 15.2. The molecule has 0 fully saturated rings. The van der Waals surface area contributed by atoms with Crippen molar-refractivity contribution in [1.29, 1.82) is 0 Å². The molecule has 0 aliphatic heterocycles. The van der Waals surface area contributed by atoms with Crippen molar-refractivity contribution < 1.29 is 0 Å². The number of hydrogen-bond acceptors (Lipinski definition) is 1. The van der Waals surface area contributed by atoms with Crippen LogP contribution in [0.25, 0.3) is 0 Å². The summed E-state index contributed by atoms with van der Waals surface area (Å²) in [5.74, 6) is 0. The first-order chi connectivity index (χ1) is 12.3. The molecule has 0 spiro atoms. The Hall–Kier alpha value is -2.38. The Morgan fingerprint density at radius 1 is 0.680 bits per heavy atom. The maximum Gasteiger partial charge on any atom is 0.0355 e. The Kier molecular flexibility index (Phi) is 6.03. The predicted octanol–water partition coefficient (Wildman–Crippen LogP) is 6.40. The molecule has 0 bridgehead atoms. The third-order valence-electron chi connectivity index (χ3n) is 4.96. The van der Waals surface area contributed by atoms with Gasteiger partial charge in [-0.1, -0.05) is 97.9 Å². The average molecular weight is 329 g/mol. The molecular weight excluding hydrogens is 302 g/mol. The van der Waals surface area contributed by atoms with Crippen molar-refractivity contribution in [2.45, 2.75) is 38.9 Å². The second-order valence-electron chi connectivity index (χ2n) is 6.58. The molecule has 1 nitrogen and oxygen atoms in total. The van der Waals surface area contributed by atoms with E-state index < -0.39 is 0 Å². The van der Waals surface area contributed by atoms with Crippen LogP contribution in [-0.4, -0.2) is 4.90 Å². The highest BCUT2D eigenvalue weighted by Gasteiger charge is 2.24. The lowest BCUT2D eigenvalue weighted by Crippen LogP contribution is -2.31. The van der Waals surface area contributed by atoms with Gasteiger partial charge >= 0.3 is 0 Å². The largest absolute Gasteiger partial charge is 0.285 e. The van der Waals surface area contributed by atoms with E-state index in [4.69, 9.17) is 0 Å². The average Bonchev–Trinajstić information content (AvgIpc) is 2.69. The minimum atomic E-state index is 0.353. The molecule has 0 heterocycles. The normalized spacial score (nSPS) is 13.6. The first kappa shape index (κ1) is 17.4. The molecular formula is C24H27N. The van der Waals surface area contributed by atoms with Crippen LogP contribution in [0.3, 0.4) is 0 Å². The van der Waals surface area contributed by atoms with E-state index in [0.29, 0.717) is 12.1 Å². The SMILES string of the molecule is CC[C@H](c1ccccc1)N(Cc1ccccc1)[C@H](C)c1ccccc1. The molecule has 0 saturated carbocycles. The van der Waals surface area contributed by atoms with Gasteiger partial charge in [-0.25, -0.2) is 0 Å². The predicted molar refractivity (Wildman–Crippen MR) is 106 cm³/mol. The van der Waals surface area contributed by atoms with Gasteiger partial charge in [0.2, 0.25) is 0 Å². The van der Waals surface area contributed by atoms with Crippen LogP contribution in [0.1, 0.15) is 49.0 Å². The molecule has 0 unspecified atom stereocenters. The summed E-state index contributed by atoms with van der Waals surface area (Å²) in [6.45, 7) is 5.56. The number of hydrogen-bond donors (Lipinski definition) is 0. The minimum Gasteiger partial charge on any atom is -0.285 e. The van der Waals surface area contributed by atoms with E-state index in [1.54, 1.807) is 0 Å². The van der Waals surface area contributed by atoms with E-state index in [2.05, 4.69) is 110 Å². The lowest BCUT2D eigenvalue weighted by molar-refractivity contribution is 0.129. The van der Waals surface area contributed by atoms with Crippen molar-refractivity contribution in [3.63, 3.8) is 0 Å². The van der Waals surface area contributed by atoms with E-state index in [1.807, 2.05) is 0 Å². The van der Waals surface area contributed by atoms with E-state index in [-0.39, 0.29) is 0 Å². The highest BCUT2D eigenvalue weighted by molar-refractivity contribution is 5.24. The monoisotopic (exact) mass is 329 g/mol. The van der Waals surface area contributed by atoms with Gasteiger partial charge in [0.15, 0.2) is 0 Å². The van der Waals surface area contributed by atoms with Crippen molar-refractivity contribution in [3.8, 4) is 0 Å². The smallest absolute Gasteiger partial charge is 0.0355 e. The summed E-state index contributed by atoms with van der Waals surface area (Å²) in [4.78, 5) is 2.62. The first-order valence-electron chi connectivity index (χ1n) is 9.19.